The van der Waals surface area contributed by atoms with E-state index in [9.17, 15) is 77.6 Å². The normalized spacial score (nSPS) is 22.7. The summed E-state index contributed by atoms with van der Waals surface area (Å²) in [6, 6.07) is -6.38. The number of nitrogens with two attached hydrogens (primary N) is 2. The van der Waals surface area contributed by atoms with E-state index < -0.39 is 228 Å². The minimum absolute atomic E-state index is 0.0177. The number of nitrogens with zero attached hydrogens (tertiary/aromatic N) is 1. The standard InChI is InChI=1S/C71H98N20O19S3/c1-8-34(4)57(81-37(7)93)69(108)89-51-31-113-112-30-50(67(106)91-58(36(6)92)70(109)110)88-61(100)44(17-13-21-76-71(73)74)82-64(103)48(24-40-27-75-32-79-40)84-59(98)35(5)80-54(95)28-78-60(99)46(22-38-26-77-43-16-11-9-14-41(38)43)85-65(104)49(25-55(96)97)86-62(101)45(19-20-53(72)94)83-63(102)47(87-68(107)56(33(2)3)90-66(51)105)23-39-29-111-52-18-12-10-15-42(39)52/h9-12,14-16,18,26-27,29,32-36,44-51,56-58,77,92H,8,13,17,19-25,28,30-31H2,1-7H3,(H2,72,94)(H,75,79)(H,78,99)(H,80,95)(H,81,93)(H,82,103)(H,83,102)(H,84,98)(H,85,104)(H,86,101)(H,87,107)(H,88,100)(H,89,108)(H,90,105)(H,91,106)(H,96,97)(H,109,110)(H4,73,74,76)/t34-,35-,36+,44-,45-,46-,47+,48-,49-,50-,51-,56-,57-,58-/m0/s1. The van der Waals surface area contributed by atoms with Crippen molar-refractivity contribution in [3.8, 4) is 0 Å². The van der Waals surface area contributed by atoms with Gasteiger partial charge < -0.3 is 111 Å². The van der Waals surface area contributed by atoms with Crippen molar-refractivity contribution in [2.45, 2.75) is 185 Å². The average molecular weight is 1630 g/mol. The number of nitrogens with one attached hydrogen (secondary N) is 17. The lowest BCUT2D eigenvalue weighted by Crippen LogP contribution is -2.61. The Hall–Kier alpha value is -11.4. The van der Waals surface area contributed by atoms with Gasteiger partial charge in [0.2, 0.25) is 82.7 Å². The van der Waals surface area contributed by atoms with Crippen LogP contribution in [-0.4, -0.2) is 234 Å². The number of benzene rings is 2. The van der Waals surface area contributed by atoms with Crippen LogP contribution in [0, 0.1) is 17.2 Å². The van der Waals surface area contributed by atoms with Crippen molar-refractivity contribution >= 4 is 155 Å². The number of hydrogen-bond acceptors (Lipinski definition) is 22. The summed E-state index contributed by atoms with van der Waals surface area (Å²) < 4.78 is 0.760. The monoisotopic (exact) mass is 1630 g/mol. The molecule has 0 spiro atoms. The lowest BCUT2D eigenvalue weighted by molar-refractivity contribution is -0.145. The lowest BCUT2D eigenvalue weighted by Gasteiger charge is -2.29. The van der Waals surface area contributed by atoms with Crippen LogP contribution < -0.4 is 85.9 Å². The summed E-state index contributed by atoms with van der Waals surface area (Å²) in [6.45, 7) is 8.98. The number of para-hydroxylation sites is 1. The first-order valence-corrected chi connectivity index (χ1v) is 39.5. The smallest absolute Gasteiger partial charge is 0.328 e. The number of thiophene rings is 1. The molecule has 0 bridgehead atoms. The number of aromatic nitrogens is 3. The highest BCUT2D eigenvalue weighted by Crippen LogP contribution is 2.28. The zero-order valence-electron chi connectivity index (χ0n) is 63.0. The van der Waals surface area contributed by atoms with Gasteiger partial charge in [0, 0.05) is 84.3 Å². The highest BCUT2D eigenvalue weighted by atomic mass is 33.1. The van der Waals surface area contributed by atoms with Crippen LogP contribution in [0.4, 0.5) is 0 Å². The van der Waals surface area contributed by atoms with E-state index in [1.165, 1.54) is 57.8 Å². The average Bonchev–Trinajstić information content (AvgIpc) is 1.73. The van der Waals surface area contributed by atoms with Crippen LogP contribution in [0.15, 0.2) is 72.6 Å². The number of H-pyrrole nitrogens is 2. The van der Waals surface area contributed by atoms with Crippen LogP contribution in [-0.2, 0) is 96.0 Å². The lowest BCUT2D eigenvalue weighted by atomic mass is 9.97. The van der Waals surface area contributed by atoms with Crippen molar-refractivity contribution in [2.24, 2.45) is 23.3 Å². The molecule has 39 nitrogen and oxygen atoms in total. The molecule has 113 heavy (non-hydrogen) atoms. The number of hydrogen-bond donors (Lipinski definition) is 22. The molecule has 14 amide bonds. The number of amides is 14. The van der Waals surface area contributed by atoms with Crippen LogP contribution in [0.1, 0.15) is 104 Å². The van der Waals surface area contributed by atoms with Crippen molar-refractivity contribution < 1.29 is 92.0 Å². The Morgan fingerprint density at radius 1 is 0.646 bits per heavy atom. The third-order valence-corrected chi connectivity index (χ3v) is 21.5. The molecule has 14 atom stereocenters. The molecule has 1 fully saturated rings. The first-order chi connectivity index (χ1) is 53.5. The molecule has 42 heteroatoms. The van der Waals surface area contributed by atoms with Gasteiger partial charge in [-0.15, -0.1) is 11.3 Å². The number of aliphatic hydroxyl groups is 1. The quantitative estimate of drug-likeness (QED) is 0.0118. The van der Waals surface area contributed by atoms with Crippen molar-refractivity contribution in [1.29, 1.82) is 5.41 Å². The second-order valence-electron chi connectivity index (χ2n) is 27.3. The van der Waals surface area contributed by atoms with Gasteiger partial charge in [-0.2, -0.15) is 0 Å². The Kier molecular flexibility index (Phi) is 35.2. The van der Waals surface area contributed by atoms with Gasteiger partial charge in [-0.3, -0.25) is 77.3 Å². The molecule has 0 saturated carbocycles. The minimum atomic E-state index is -2.06. The number of carboxylic acids is 2. The number of rotatable bonds is 25. The summed E-state index contributed by atoms with van der Waals surface area (Å²) in [5.41, 5.74) is 12.9. The Labute approximate surface area is 660 Å². The number of carbonyl (C=O) groups excluding carboxylic acids is 14. The molecular weight excluding hydrogens is 1530 g/mol. The predicted molar refractivity (Wildman–Crippen MR) is 416 cm³/mol. The maximum atomic E-state index is 15.1. The van der Waals surface area contributed by atoms with Crippen LogP contribution in [0.5, 0.6) is 0 Å². The maximum absolute atomic E-state index is 15.1. The van der Waals surface area contributed by atoms with Crippen molar-refractivity contribution in [3.05, 3.63) is 89.5 Å². The number of fused-ring (bicyclic) bond motifs is 2. The molecular formula is C71H98N20O19S3. The van der Waals surface area contributed by atoms with Gasteiger partial charge in [0.15, 0.2) is 12.0 Å². The van der Waals surface area contributed by atoms with Crippen molar-refractivity contribution in [1.82, 2.24) is 89.4 Å². The van der Waals surface area contributed by atoms with Gasteiger partial charge in [-0.05, 0) is 79.0 Å². The molecule has 614 valence electrons. The molecule has 24 N–H and O–H groups in total. The number of aromatic amines is 2. The second-order valence-corrected chi connectivity index (χ2v) is 30.8. The molecule has 1 aliphatic rings. The Balaban J connectivity index is 1.47. The second kappa shape index (κ2) is 44.0. The Morgan fingerprint density at radius 2 is 1.23 bits per heavy atom. The number of guanidine groups is 1. The zero-order chi connectivity index (χ0) is 83.3. The summed E-state index contributed by atoms with van der Waals surface area (Å²) >= 11 is 1.29. The third kappa shape index (κ3) is 28.4. The Bertz CT molecular complexity index is 4250. The fourth-order valence-corrected chi connectivity index (χ4v) is 15.0. The van der Waals surface area contributed by atoms with Gasteiger partial charge >= 0.3 is 11.9 Å². The minimum Gasteiger partial charge on any atom is -0.481 e. The van der Waals surface area contributed by atoms with Crippen LogP contribution in [0.3, 0.4) is 0 Å². The van der Waals surface area contributed by atoms with E-state index >= 15 is 14.4 Å². The van der Waals surface area contributed by atoms with Crippen molar-refractivity contribution in [3.63, 3.8) is 0 Å². The maximum Gasteiger partial charge on any atom is 0.328 e. The van der Waals surface area contributed by atoms with Crippen LogP contribution >= 0.6 is 32.9 Å². The van der Waals surface area contributed by atoms with E-state index in [4.69, 9.17) is 16.9 Å². The summed E-state index contributed by atoms with van der Waals surface area (Å²) in [6.07, 6.45) is -0.901. The Morgan fingerprint density at radius 3 is 1.86 bits per heavy atom. The summed E-state index contributed by atoms with van der Waals surface area (Å²) in [7, 11) is 1.59. The summed E-state index contributed by atoms with van der Waals surface area (Å²) in [5, 5.41) is 76.5. The van der Waals surface area contributed by atoms with Crippen LogP contribution in [0.2, 0.25) is 0 Å². The molecule has 2 aromatic carbocycles. The van der Waals surface area contributed by atoms with E-state index in [1.54, 1.807) is 67.8 Å². The number of aliphatic hydroxyl groups excluding tert-OH is 1. The molecule has 0 unspecified atom stereocenters. The van der Waals surface area contributed by atoms with Gasteiger partial charge in [-0.25, -0.2) is 9.78 Å². The molecule has 6 rings (SSSR count). The topological polar surface area (TPSA) is 623 Å². The van der Waals surface area contributed by atoms with E-state index in [1.807, 2.05) is 0 Å². The van der Waals surface area contributed by atoms with Gasteiger partial charge in [0.25, 0.3) is 0 Å². The highest BCUT2D eigenvalue weighted by molar-refractivity contribution is 8.76. The van der Waals surface area contributed by atoms with Crippen molar-refractivity contribution in [2.75, 3.05) is 24.6 Å². The molecule has 1 saturated heterocycles. The predicted octanol–water partition coefficient (Wildman–Crippen LogP) is -3.33. The number of carbonyl (C=O) groups is 16. The molecule has 3 aromatic heterocycles. The SMILES string of the molecule is CC[C@H](C)[C@H](NC(C)=O)C(=O)N[C@H]1CSSC[C@@H](C(=O)N[C@H](C(=O)O)[C@@H](C)O)NC(=O)[C@H](CCCNC(=N)N)NC(=O)[C@H](Cc2cnc[nH]2)NC(=O)[C@H](C)NC(=O)CNC(=O)[C@H](Cc2c[nH]c3ccccc23)NC(=O)[C@H](CC(=O)O)NC(=O)[C@H](CCC(N)=O)NC(=O)[C@@H](Cc2csc3ccccc23)NC(=O)[C@H](C(C)C)NC1=O. The number of aliphatic carboxylic acids is 2. The molecule has 5 aromatic rings. The first kappa shape index (κ1) is 90.5. The first-order valence-electron chi connectivity index (χ1n) is 36.1. The molecule has 1 aliphatic heterocycles. The molecule has 0 aliphatic carbocycles. The molecule has 0 radical (unpaired) electrons. The summed E-state index contributed by atoms with van der Waals surface area (Å²) in [4.78, 5) is 235. The number of imidazole rings is 1. The summed E-state index contributed by atoms with van der Waals surface area (Å²) in [5.74, 6) is -20.6. The zero-order valence-corrected chi connectivity index (χ0v) is 65.4. The number of primary amides is 1. The van der Waals surface area contributed by atoms with Gasteiger partial charge in [0.05, 0.1) is 25.4 Å². The van der Waals surface area contributed by atoms with E-state index in [0.29, 0.717) is 33.8 Å². The fraction of sp³-hybridized carbons (Fsp3) is 0.493. The van der Waals surface area contributed by atoms with Gasteiger partial charge in [0.1, 0.15) is 66.5 Å². The van der Waals surface area contributed by atoms with E-state index in [2.05, 4.69) is 89.4 Å². The van der Waals surface area contributed by atoms with Crippen LogP contribution in [0.25, 0.3) is 21.0 Å². The number of carboxylic acid groups (broad SMARTS) is 2. The third-order valence-electron chi connectivity index (χ3n) is 18.1. The van der Waals surface area contributed by atoms with E-state index in [-0.39, 0.29) is 44.3 Å². The van der Waals surface area contributed by atoms with Gasteiger partial charge in [-0.1, -0.05) is 92.1 Å². The largest absolute Gasteiger partial charge is 0.481 e. The molecule has 4 heterocycles. The fourth-order valence-electron chi connectivity index (χ4n) is 11.7. The van der Waals surface area contributed by atoms with E-state index in [0.717, 1.165) is 33.2 Å². The highest BCUT2D eigenvalue weighted by Gasteiger charge is 2.39.